The highest BCUT2D eigenvalue weighted by Crippen LogP contribution is 2.28. The average molecular weight is 193 g/mol. The van der Waals surface area contributed by atoms with Crippen LogP contribution in [0.2, 0.25) is 0 Å². The van der Waals surface area contributed by atoms with Gasteiger partial charge in [-0.3, -0.25) is 0 Å². The second-order valence-electron chi connectivity index (χ2n) is 4.10. The van der Waals surface area contributed by atoms with Crippen LogP contribution in [-0.2, 0) is 6.54 Å². The van der Waals surface area contributed by atoms with Crippen LogP contribution in [0.3, 0.4) is 0 Å². The molecule has 1 saturated carbocycles. The zero-order valence-electron chi connectivity index (χ0n) is 8.36. The number of aromatic nitrogens is 1. The van der Waals surface area contributed by atoms with Crippen molar-refractivity contribution in [3.05, 3.63) is 23.5 Å². The predicted octanol–water partition coefficient (Wildman–Crippen LogP) is 2.29. The molecule has 3 heteroatoms. The van der Waals surface area contributed by atoms with Crippen molar-refractivity contribution in [1.29, 1.82) is 0 Å². The molecule has 0 saturated heterocycles. The van der Waals surface area contributed by atoms with Gasteiger partial charge in [-0.05, 0) is 37.3 Å². The van der Waals surface area contributed by atoms with E-state index in [-0.39, 0.29) is 0 Å². The molecule has 0 radical (unpaired) electrons. The standard InChI is InChI=1S/C11H15NO2/c1-8-5-6-12(10(8)11(13)14)7-9-3-2-4-9/h5-6,9H,2-4,7H2,1H3,(H,13,14). The van der Waals surface area contributed by atoms with Gasteiger partial charge >= 0.3 is 5.97 Å². The van der Waals surface area contributed by atoms with Gasteiger partial charge in [0.05, 0.1) is 0 Å². The third-order valence-electron chi connectivity index (χ3n) is 3.05. The zero-order valence-corrected chi connectivity index (χ0v) is 8.36. The Bertz CT molecular complexity index is 350. The molecular formula is C11H15NO2. The van der Waals surface area contributed by atoms with E-state index in [2.05, 4.69) is 0 Å². The number of aromatic carboxylic acids is 1. The van der Waals surface area contributed by atoms with E-state index in [1.165, 1.54) is 19.3 Å². The summed E-state index contributed by atoms with van der Waals surface area (Å²) in [7, 11) is 0. The maximum atomic E-state index is 11.0. The van der Waals surface area contributed by atoms with Crippen LogP contribution in [0.4, 0.5) is 0 Å². The first-order chi connectivity index (χ1) is 6.68. The summed E-state index contributed by atoms with van der Waals surface area (Å²) in [5, 5.41) is 9.02. The molecular weight excluding hydrogens is 178 g/mol. The fourth-order valence-corrected chi connectivity index (χ4v) is 1.98. The van der Waals surface area contributed by atoms with Crippen LogP contribution in [0.5, 0.6) is 0 Å². The number of hydrogen-bond donors (Lipinski definition) is 1. The summed E-state index contributed by atoms with van der Waals surface area (Å²) >= 11 is 0. The van der Waals surface area contributed by atoms with E-state index >= 15 is 0 Å². The van der Waals surface area contributed by atoms with Crippen molar-refractivity contribution in [2.24, 2.45) is 5.92 Å². The Morgan fingerprint density at radius 3 is 2.86 bits per heavy atom. The molecule has 76 valence electrons. The summed E-state index contributed by atoms with van der Waals surface area (Å²) in [6.45, 7) is 2.72. The van der Waals surface area contributed by atoms with Crippen molar-refractivity contribution in [1.82, 2.24) is 4.57 Å². The van der Waals surface area contributed by atoms with Gasteiger partial charge in [-0.2, -0.15) is 0 Å². The van der Waals surface area contributed by atoms with Crippen LogP contribution >= 0.6 is 0 Å². The Balaban J connectivity index is 2.19. The molecule has 1 fully saturated rings. The molecule has 2 rings (SSSR count). The fraction of sp³-hybridized carbons (Fsp3) is 0.545. The van der Waals surface area contributed by atoms with E-state index in [4.69, 9.17) is 5.11 Å². The molecule has 1 heterocycles. The number of rotatable bonds is 3. The largest absolute Gasteiger partial charge is 0.477 e. The van der Waals surface area contributed by atoms with Gasteiger partial charge in [0.2, 0.25) is 0 Å². The number of hydrogen-bond acceptors (Lipinski definition) is 1. The van der Waals surface area contributed by atoms with Gasteiger partial charge in [-0.1, -0.05) is 6.42 Å². The van der Waals surface area contributed by atoms with Gasteiger partial charge in [0.15, 0.2) is 0 Å². The summed E-state index contributed by atoms with van der Waals surface area (Å²) in [4.78, 5) is 11.0. The summed E-state index contributed by atoms with van der Waals surface area (Å²) in [6, 6.07) is 1.88. The SMILES string of the molecule is Cc1ccn(CC2CCC2)c1C(=O)O. The first kappa shape index (κ1) is 9.31. The smallest absolute Gasteiger partial charge is 0.352 e. The van der Waals surface area contributed by atoms with Crippen LogP contribution in [0.15, 0.2) is 12.3 Å². The second-order valence-corrected chi connectivity index (χ2v) is 4.10. The summed E-state index contributed by atoms with van der Waals surface area (Å²) < 4.78 is 1.88. The van der Waals surface area contributed by atoms with E-state index in [1.807, 2.05) is 23.8 Å². The van der Waals surface area contributed by atoms with Crippen LogP contribution in [0.1, 0.15) is 35.3 Å². The maximum Gasteiger partial charge on any atom is 0.352 e. The van der Waals surface area contributed by atoms with E-state index in [0.29, 0.717) is 11.6 Å². The van der Waals surface area contributed by atoms with Gasteiger partial charge in [0.1, 0.15) is 5.69 Å². The van der Waals surface area contributed by atoms with Crippen LogP contribution in [0, 0.1) is 12.8 Å². The highest BCUT2D eigenvalue weighted by atomic mass is 16.4. The van der Waals surface area contributed by atoms with Crippen molar-refractivity contribution in [3.8, 4) is 0 Å². The number of nitrogens with zero attached hydrogens (tertiary/aromatic N) is 1. The minimum atomic E-state index is -0.813. The van der Waals surface area contributed by atoms with Gasteiger partial charge in [-0.25, -0.2) is 4.79 Å². The molecule has 3 nitrogen and oxygen atoms in total. The first-order valence-electron chi connectivity index (χ1n) is 5.07. The van der Waals surface area contributed by atoms with Crippen molar-refractivity contribution in [3.63, 3.8) is 0 Å². The minimum absolute atomic E-state index is 0.455. The van der Waals surface area contributed by atoms with E-state index in [1.54, 1.807) is 0 Å². The Morgan fingerprint density at radius 1 is 1.64 bits per heavy atom. The van der Waals surface area contributed by atoms with Crippen LogP contribution in [-0.4, -0.2) is 15.6 Å². The summed E-state index contributed by atoms with van der Waals surface area (Å²) in [6.07, 6.45) is 5.68. The second kappa shape index (κ2) is 3.48. The summed E-state index contributed by atoms with van der Waals surface area (Å²) in [5.74, 6) is -0.119. The van der Waals surface area contributed by atoms with Crippen molar-refractivity contribution in [2.45, 2.75) is 32.7 Å². The van der Waals surface area contributed by atoms with Crippen molar-refractivity contribution in [2.75, 3.05) is 0 Å². The third-order valence-corrected chi connectivity index (χ3v) is 3.05. The molecule has 1 aromatic rings. The molecule has 0 amide bonds. The Kier molecular flexibility index (Phi) is 2.32. The molecule has 1 N–H and O–H groups in total. The lowest BCUT2D eigenvalue weighted by Crippen LogP contribution is -2.20. The molecule has 0 atom stereocenters. The molecule has 1 aliphatic carbocycles. The molecule has 0 spiro atoms. The Hall–Kier alpha value is -1.25. The van der Waals surface area contributed by atoms with E-state index in [9.17, 15) is 4.79 Å². The number of carboxylic acids is 1. The summed E-state index contributed by atoms with van der Waals surface area (Å²) in [5.41, 5.74) is 1.31. The maximum absolute atomic E-state index is 11.0. The molecule has 0 bridgehead atoms. The molecule has 0 unspecified atom stereocenters. The Morgan fingerprint density at radius 2 is 2.36 bits per heavy atom. The van der Waals surface area contributed by atoms with Crippen molar-refractivity contribution < 1.29 is 9.90 Å². The van der Waals surface area contributed by atoms with Gasteiger partial charge in [0.25, 0.3) is 0 Å². The van der Waals surface area contributed by atoms with Crippen LogP contribution < -0.4 is 0 Å². The topological polar surface area (TPSA) is 42.2 Å². The lowest BCUT2D eigenvalue weighted by Gasteiger charge is -2.26. The van der Waals surface area contributed by atoms with Gasteiger partial charge in [0, 0.05) is 12.7 Å². The number of carbonyl (C=O) groups is 1. The molecule has 0 aliphatic heterocycles. The normalized spacial score (nSPS) is 16.6. The predicted molar refractivity (Wildman–Crippen MR) is 53.5 cm³/mol. The molecule has 0 aromatic carbocycles. The lowest BCUT2D eigenvalue weighted by atomic mass is 9.85. The third kappa shape index (κ3) is 1.54. The van der Waals surface area contributed by atoms with Crippen LogP contribution in [0.25, 0.3) is 0 Å². The minimum Gasteiger partial charge on any atom is -0.477 e. The Labute approximate surface area is 83.4 Å². The van der Waals surface area contributed by atoms with Gasteiger partial charge < -0.3 is 9.67 Å². The monoisotopic (exact) mass is 193 g/mol. The van der Waals surface area contributed by atoms with Gasteiger partial charge in [-0.15, -0.1) is 0 Å². The molecule has 1 aromatic heterocycles. The highest BCUT2D eigenvalue weighted by molar-refractivity contribution is 5.87. The lowest BCUT2D eigenvalue weighted by molar-refractivity contribution is 0.0681. The first-order valence-corrected chi connectivity index (χ1v) is 5.07. The zero-order chi connectivity index (χ0) is 10.1. The fourth-order valence-electron chi connectivity index (χ4n) is 1.98. The van der Waals surface area contributed by atoms with E-state index < -0.39 is 5.97 Å². The quantitative estimate of drug-likeness (QED) is 0.800. The van der Waals surface area contributed by atoms with E-state index in [0.717, 1.165) is 12.1 Å². The highest BCUT2D eigenvalue weighted by Gasteiger charge is 2.21. The van der Waals surface area contributed by atoms with Crippen molar-refractivity contribution >= 4 is 5.97 Å². The molecule has 1 aliphatic rings. The average Bonchev–Trinajstić information content (AvgIpc) is 2.39. The number of carboxylic acid groups (broad SMARTS) is 1. The number of aryl methyl sites for hydroxylation is 1. The molecule has 14 heavy (non-hydrogen) atoms.